The molecule has 172 valence electrons. The molecule has 0 atom stereocenters. The molecule has 1 saturated heterocycles. The monoisotopic (exact) mass is 472 g/mol. The average Bonchev–Trinajstić information content (AvgIpc) is 3.36. The number of likely N-dealkylation sites (tertiary alicyclic amines) is 1. The Labute approximate surface area is 195 Å². The Balaban J connectivity index is 1.32. The number of aromatic amines is 1. The quantitative estimate of drug-likeness (QED) is 0.528. The Morgan fingerprint density at radius 2 is 1.88 bits per heavy atom. The van der Waals surface area contributed by atoms with E-state index < -0.39 is 10.0 Å². The van der Waals surface area contributed by atoms with Crippen molar-refractivity contribution in [2.24, 2.45) is 5.92 Å². The first kappa shape index (κ1) is 23.2. The summed E-state index contributed by atoms with van der Waals surface area (Å²) in [6.45, 7) is 11.6. The summed E-state index contributed by atoms with van der Waals surface area (Å²) < 4.78 is 28.8. The van der Waals surface area contributed by atoms with Gasteiger partial charge in [-0.15, -0.1) is 11.3 Å². The second-order valence-corrected chi connectivity index (χ2v) is 12.0. The molecule has 0 saturated carbocycles. The summed E-state index contributed by atoms with van der Waals surface area (Å²) in [5.74, 6) is 0.368. The van der Waals surface area contributed by atoms with Crippen LogP contribution in [0, 0.1) is 33.6 Å². The van der Waals surface area contributed by atoms with Gasteiger partial charge in [-0.05, 0) is 82.8 Å². The fraction of sp³-hybridized carbons (Fsp3) is 0.458. The number of aromatic nitrogens is 2. The predicted molar refractivity (Wildman–Crippen MR) is 130 cm³/mol. The molecule has 1 fully saturated rings. The van der Waals surface area contributed by atoms with Crippen molar-refractivity contribution in [2.75, 3.05) is 19.6 Å². The lowest BCUT2D eigenvalue weighted by Gasteiger charge is -2.32. The van der Waals surface area contributed by atoms with E-state index in [1.807, 2.05) is 19.9 Å². The fourth-order valence-corrected chi connectivity index (χ4v) is 6.93. The number of nitrogens with zero attached hydrogens (tertiary/aromatic N) is 2. The summed E-state index contributed by atoms with van der Waals surface area (Å²) in [5.41, 5.74) is 5.76. The summed E-state index contributed by atoms with van der Waals surface area (Å²) in [4.78, 5) is 4.50. The lowest BCUT2D eigenvalue weighted by atomic mass is 9.96. The van der Waals surface area contributed by atoms with Crippen molar-refractivity contribution < 1.29 is 8.42 Å². The summed E-state index contributed by atoms with van der Waals surface area (Å²) in [6, 6.07) is 10.3. The Kier molecular flexibility index (Phi) is 6.86. The van der Waals surface area contributed by atoms with Crippen LogP contribution in [0.2, 0.25) is 0 Å². The van der Waals surface area contributed by atoms with Gasteiger partial charge < -0.3 is 0 Å². The first-order chi connectivity index (χ1) is 15.2. The average molecular weight is 473 g/mol. The molecule has 2 N–H and O–H groups in total. The van der Waals surface area contributed by atoms with Gasteiger partial charge in [0.05, 0.1) is 9.77 Å². The van der Waals surface area contributed by atoms with Crippen LogP contribution in [0.15, 0.2) is 35.2 Å². The van der Waals surface area contributed by atoms with Gasteiger partial charge in [0.25, 0.3) is 0 Å². The standard InChI is InChI=1S/C24H32N4O2S2/c1-16-5-6-17(2)21(11-16)15-28-9-7-20(8-10-28)14-25-32(29,30)24-13-23(31-19(24)4)22-12-18(3)26-27-22/h5-6,11-13,20,25H,7-10,14-15H2,1-4H3,(H,26,27). The third-order valence-corrected chi connectivity index (χ3v) is 9.04. The number of hydrogen-bond acceptors (Lipinski definition) is 5. The largest absolute Gasteiger partial charge is 0.299 e. The maximum absolute atomic E-state index is 13.0. The van der Waals surface area contributed by atoms with E-state index in [2.05, 4.69) is 51.9 Å². The van der Waals surface area contributed by atoms with E-state index in [0.29, 0.717) is 17.4 Å². The maximum Gasteiger partial charge on any atom is 0.241 e. The summed E-state index contributed by atoms with van der Waals surface area (Å²) >= 11 is 1.46. The van der Waals surface area contributed by atoms with Gasteiger partial charge in [0.15, 0.2) is 0 Å². The number of benzene rings is 1. The zero-order valence-corrected chi connectivity index (χ0v) is 20.9. The minimum absolute atomic E-state index is 0.366. The molecule has 3 aromatic rings. The normalized spacial score (nSPS) is 16.0. The van der Waals surface area contributed by atoms with E-state index in [9.17, 15) is 8.42 Å². The molecule has 2 aromatic heterocycles. The fourth-order valence-electron chi connectivity index (χ4n) is 4.27. The molecule has 0 aliphatic carbocycles. The van der Waals surface area contributed by atoms with Crippen LogP contribution >= 0.6 is 11.3 Å². The van der Waals surface area contributed by atoms with E-state index in [1.165, 1.54) is 28.0 Å². The van der Waals surface area contributed by atoms with Gasteiger partial charge in [-0.1, -0.05) is 23.8 Å². The number of hydrogen-bond donors (Lipinski definition) is 2. The van der Waals surface area contributed by atoms with Gasteiger partial charge in [0, 0.05) is 23.7 Å². The van der Waals surface area contributed by atoms with Crippen molar-refractivity contribution in [3.63, 3.8) is 0 Å². The van der Waals surface area contributed by atoms with Crippen molar-refractivity contribution in [1.82, 2.24) is 19.8 Å². The summed E-state index contributed by atoms with van der Waals surface area (Å²) in [6.07, 6.45) is 2.02. The number of nitrogens with one attached hydrogen (secondary N) is 2. The number of aryl methyl sites for hydroxylation is 4. The highest BCUT2D eigenvalue weighted by Crippen LogP contribution is 2.33. The molecular formula is C24H32N4O2S2. The van der Waals surface area contributed by atoms with Crippen molar-refractivity contribution in [3.8, 4) is 10.6 Å². The summed E-state index contributed by atoms with van der Waals surface area (Å²) in [7, 11) is -3.53. The van der Waals surface area contributed by atoms with Crippen LogP contribution in [0.1, 0.15) is 40.1 Å². The smallest absolute Gasteiger partial charge is 0.241 e. The van der Waals surface area contributed by atoms with E-state index in [-0.39, 0.29) is 0 Å². The Hall–Kier alpha value is -2.00. The van der Waals surface area contributed by atoms with Crippen LogP contribution in [0.3, 0.4) is 0 Å². The van der Waals surface area contributed by atoms with E-state index in [4.69, 9.17) is 0 Å². The second-order valence-electron chi connectivity index (χ2n) is 8.97. The zero-order chi connectivity index (χ0) is 22.9. The summed E-state index contributed by atoms with van der Waals surface area (Å²) in [5, 5.41) is 7.17. The van der Waals surface area contributed by atoms with Crippen molar-refractivity contribution in [3.05, 3.63) is 57.6 Å². The van der Waals surface area contributed by atoms with Crippen molar-refractivity contribution in [1.29, 1.82) is 0 Å². The first-order valence-corrected chi connectivity index (χ1v) is 13.4. The van der Waals surface area contributed by atoms with Gasteiger partial charge in [-0.3, -0.25) is 10.00 Å². The Morgan fingerprint density at radius 1 is 1.12 bits per heavy atom. The third kappa shape index (κ3) is 5.31. The zero-order valence-electron chi connectivity index (χ0n) is 19.2. The van der Waals surface area contributed by atoms with Gasteiger partial charge in [-0.25, -0.2) is 13.1 Å². The molecular weight excluding hydrogens is 440 g/mol. The van der Waals surface area contributed by atoms with Gasteiger partial charge in [-0.2, -0.15) is 5.10 Å². The van der Waals surface area contributed by atoms with Crippen LogP contribution in [0.5, 0.6) is 0 Å². The highest BCUT2D eigenvalue weighted by molar-refractivity contribution is 7.89. The molecule has 0 amide bonds. The molecule has 32 heavy (non-hydrogen) atoms. The van der Waals surface area contributed by atoms with E-state index in [0.717, 1.165) is 53.6 Å². The van der Waals surface area contributed by atoms with E-state index >= 15 is 0 Å². The van der Waals surface area contributed by atoms with Crippen LogP contribution in [0.25, 0.3) is 10.6 Å². The molecule has 1 aliphatic rings. The number of thiophene rings is 1. The molecule has 4 rings (SSSR count). The molecule has 0 spiro atoms. The van der Waals surface area contributed by atoms with Crippen LogP contribution < -0.4 is 4.72 Å². The highest BCUT2D eigenvalue weighted by Gasteiger charge is 2.25. The lowest BCUT2D eigenvalue weighted by molar-refractivity contribution is 0.178. The van der Waals surface area contributed by atoms with Crippen molar-refractivity contribution in [2.45, 2.75) is 52.0 Å². The first-order valence-electron chi connectivity index (χ1n) is 11.1. The molecule has 3 heterocycles. The SMILES string of the molecule is Cc1ccc(C)c(CN2CCC(CNS(=O)(=O)c3cc(-c4cc(C)[nH]n4)sc3C)CC2)c1. The molecule has 0 unspecified atom stereocenters. The molecule has 1 aromatic carbocycles. The van der Waals surface area contributed by atoms with Crippen molar-refractivity contribution >= 4 is 21.4 Å². The lowest BCUT2D eigenvalue weighted by Crippen LogP contribution is -2.38. The molecule has 0 radical (unpaired) electrons. The minimum atomic E-state index is -3.53. The second kappa shape index (κ2) is 9.47. The molecule has 6 nitrogen and oxygen atoms in total. The minimum Gasteiger partial charge on any atom is -0.299 e. The van der Waals surface area contributed by atoms with E-state index in [1.54, 1.807) is 6.07 Å². The third-order valence-electron chi connectivity index (χ3n) is 6.29. The highest BCUT2D eigenvalue weighted by atomic mass is 32.2. The van der Waals surface area contributed by atoms with Gasteiger partial charge in [0.1, 0.15) is 5.69 Å². The number of piperidine rings is 1. The van der Waals surface area contributed by atoms with Gasteiger partial charge >= 0.3 is 0 Å². The topological polar surface area (TPSA) is 78.1 Å². The Morgan fingerprint density at radius 3 is 2.56 bits per heavy atom. The van der Waals surface area contributed by atoms with Crippen LogP contribution in [-0.4, -0.2) is 43.1 Å². The number of sulfonamides is 1. The Bertz CT molecular complexity index is 1190. The maximum atomic E-state index is 13.0. The molecule has 8 heteroatoms. The predicted octanol–water partition coefficient (Wildman–Crippen LogP) is 4.56. The number of rotatable bonds is 7. The number of H-pyrrole nitrogens is 1. The molecule has 0 bridgehead atoms. The van der Waals surface area contributed by atoms with Crippen LogP contribution in [0.4, 0.5) is 0 Å². The van der Waals surface area contributed by atoms with Gasteiger partial charge in [0.2, 0.25) is 10.0 Å². The van der Waals surface area contributed by atoms with Crippen LogP contribution in [-0.2, 0) is 16.6 Å². The molecule has 1 aliphatic heterocycles.